The third-order valence-electron chi connectivity index (χ3n) is 3.17. The van der Waals surface area contributed by atoms with Crippen LogP contribution in [-0.2, 0) is 4.74 Å². The molecule has 2 atom stereocenters. The first-order valence-electron chi connectivity index (χ1n) is 5.70. The van der Waals surface area contributed by atoms with Gasteiger partial charge in [-0.05, 0) is 32.9 Å². The van der Waals surface area contributed by atoms with E-state index in [9.17, 15) is 0 Å². The molecule has 14 heavy (non-hydrogen) atoms. The van der Waals surface area contributed by atoms with Gasteiger partial charge >= 0.3 is 0 Å². The van der Waals surface area contributed by atoms with Crippen LogP contribution in [0.4, 0.5) is 0 Å². The molecule has 1 aliphatic rings. The summed E-state index contributed by atoms with van der Waals surface area (Å²) in [5.41, 5.74) is 0. The highest BCUT2D eigenvalue weighted by atomic mass is 16.5. The van der Waals surface area contributed by atoms with E-state index in [4.69, 9.17) is 4.74 Å². The molecule has 0 aromatic heterocycles. The lowest BCUT2D eigenvalue weighted by molar-refractivity contribution is 0.139. The van der Waals surface area contributed by atoms with Gasteiger partial charge in [-0.3, -0.25) is 0 Å². The molecule has 0 saturated heterocycles. The third-order valence-corrected chi connectivity index (χ3v) is 3.17. The van der Waals surface area contributed by atoms with Gasteiger partial charge in [0.05, 0.1) is 6.61 Å². The SMILES string of the molecule is CCNC1CCC(N(C)CCOC)C1. The van der Waals surface area contributed by atoms with Crippen LogP contribution in [0.3, 0.4) is 0 Å². The fourth-order valence-corrected chi connectivity index (χ4v) is 2.25. The molecule has 0 aromatic rings. The number of methoxy groups -OCH3 is 1. The molecule has 1 rings (SSSR count). The van der Waals surface area contributed by atoms with Crippen LogP contribution in [-0.4, -0.2) is 50.8 Å². The molecule has 3 nitrogen and oxygen atoms in total. The predicted molar refractivity (Wildman–Crippen MR) is 59.6 cm³/mol. The largest absolute Gasteiger partial charge is 0.383 e. The first kappa shape index (κ1) is 12.0. The smallest absolute Gasteiger partial charge is 0.0589 e. The number of nitrogens with zero attached hydrogens (tertiary/aromatic N) is 1. The van der Waals surface area contributed by atoms with E-state index in [1.54, 1.807) is 7.11 Å². The third kappa shape index (κ3) is 3.56. The molecule has 0 radical (unpaired) electrons. The summed E-state index contributed by atoms with van der Waals surface area (Å²) >= 11 is 0. The minimum absolute atomic E-state index is 0.745. The van der Waals surface area contributed by atoms with Gasteiger partial charge in [-0.1, -0.05) is 6.92 Å². The first-order valence-corrected chi connectivity index (χ1v) is 5.70. The second kappa shape index (κ2) is 6.38. The highest BCUT2D eigenvalue weighted by Gasteiger charge is 2.26. The van der Waals surface area contributed by atoms with Crippen LogP contribution in [0.5, 0.6) is 0 Å². The van der Waals surface area contributed by atoms with E-state index in [1.807, 2.05) is 0 Å². The van der Waals surface area contributed by atoms with Gasteiger partial charge in [0.15, 0.2) is 0 Å². The molecule has 1 aliphatic carbocycles. The van der Waals surface area contributed by atoms with Crippen LogP contribution in [0.25, 0.3) is 0 Å². The van der Waals surface area contributed by atoms with Crippen LogP contribution in [0.2, 0.25) is 0 Å². The van der Waals surface area contributed by atoms with Crippen LogP contribution >= 0.6 is 0 Å². The maximum atomic E-state index is 5.09. The van der Waals surface area contributed by atoms with E-state index in [0.29, 0.717) is 0 Å². The molecular formula is C11H24N2O. The quantitative estimate of drug-likeness (QED) is 0.695. The molecule has 0 heterocycles. The van der Waals surface area contributed by atoms with Crippen molar-refractivity contribution in [2.45, 2.75) is 38.3 Å². The van der Waals surface area contributed by atoms with Crippen molar-refractivity contribution in [3.63, 3.8) is 0 Å². The van der Waals surface area contributed by atoms with E-state index in [-0.39, 0.29) is 0 Å². The van der Waals surface area contributed by atoms with Gasteiger partial charge in [-0.25, -0.2) is 0 Å². The first-order chi connectivity index (χ1) is 6.77. The van der Waals surface area contributed by atoms with E-state index >= 15 is 0 Å². The van der Waals surface area contributed by atoms with Crippen molar-refractivity contribution in [1.82, 2.24) is 10.2 Å². The topological polar surface area (TPSA) is 24.5 Å². The molecule has 1 saturated carbocycles. The summed E-state index contributed by atoms with van der Waals surface area (Å²) in [5, 5.41) is 3.53. The second-order valence-corrected chi connectivity index (χ2v) is 4.19. The van der Waals surface area contributed by atoms with Crippen molar-refractivity contribution in [1.29, 1.82) is 0 Å². The Hall–Kier alpha value is -0.120. The van der Waals surface area contributed by atoms with Crippen molar-refractivity contribution in [3.05, 3.63) is 0 Å². The molecule has 0 amide bonds. The fourth-order valence-electron chi connectivity index (χ4n) is 2.25. The number of hydrogen-bond donors (Lipinski definition) is 1. The monoisotopic (exact) mass is 200 g/mol. The van der Waals surface area contributed by atoms with Gasteiger partial charge in [0.25, 0.3) is 0 Å². The van der Waals surface area contributed by atoms with Crippen molar-refractivity contribution >= 4 is 0 Å². The Kier molecular flexibility index (Phi) is 5.45. The Morgan fingerprint density at radius 1 is 1.43 bits per heavy atom. The van der Waals surface area contributed by atoms with Crippen LogP contribution in [0, 0.1) is 0 Å². The fraction of sp³-hybridized carbons (Fsp3) is 1.00. The lowest BCUT2D eigenvalue weighted by Gasteiger charge is -2.24. The minimum Gasteiger partial charge on any atom is -0.383 e. The van der Waals surface area contributed by atoms with E-state index < -0.39 is 0 Å². The molecule has 0 aliphatic heterocycles. The highest BCUT2D eigenvalue weighted by molar-refractivity contribution is 4.85. The zero-order valence-electron chi connectivity index (χ0n) is 9.75. The van der Waals surface area contributed by atoms with Gasteiger partial charge in [0.1, 0.15) is 0 Å². The average molecular weight is 200 g/mol. The molecule has 84 valence electrons. The number of hydrogen-bond acceptors (Lipinski definition) is 3. The second-order valence-electron chi connectivity index (χ2n) is 4.19. The van der Waals surface area contributed by atoms with E-state index in [2.05, 4.69) is 24.2 Å². The summed E-state index contributed by atoms with van der Waals surface area (Å²) in [4.78, 5) is 2.43. The number of nitrogens with one attached hydrogen (secondary N) is 1. The summed E-state index contributed by atoms with van der Waals surface area (Å²) in [7, 11) is 3.97. The maximum absolute atomic E-state index is 5.09. The Labute approximate surface area is 87.8 Å². The number of ether oxygens (including phenoxy) is 1. The van der Waals surface area contributed by atoms with Crippen molar-refractivity contribution in [3.8, 4) is 0 Å². The Morgan fingerprint density at radius 2 is 2.21 bits per heavy atom. The van der Waals surface area contributed by atoms with E-state index in [0.717, 1.165) is 31.8 Å². The molecule has 2 unspecified atom stereocenters. The zero-order chi connectivity index (χ0) is 10.4. The maximum Gasteiger partial charge on any atom is 0.0589 e. The standard InChI is InChI=1S/C11H24N2O/c1-4-12-10-5-6-11(9-10)13(2)7-8-14-3/h10-12H,4-9H2,1-3H3. The average Bonchev–Trinajstić information content (AvgIpc) is 2.63. The van der Waals surface area contributed by atoms with Crippen LogP contribution in [0.1, 0.15) is 26.2 Å². The Bertz CT molecular complexity index is 152. The summed E-state index contributed by atoms with van der Waals surface area (Å²) in [5.74, 6) is 0. The van der Waals surface area contributed by atoms with Gasteiger partial charge < -0.3 is 15.0 Å². The van der Waals surface area contributed by atoms with Crippen molar-refractivity contribution in [2.75, 3.05) is 33.9 Å². The lowest BCUT2D eigenvalue weighted by Crippen LogP contribution is -2.34. The lowest BCUT2D eigenvalue weighted by atomic mass is 10.2. The summed E-state index contributed by atoms with van der Waals surface area (Å²) in [6.07, 6.45) is 3.96. The van der Waals surface area contributed by atoms with Crippen LogP contribution < -0.4 is 5.32 Å². The minimum atomic E-state index is 0.745. The molecule has 0 bridgehead atoms. The zero-order valence-corrected chi connectivity index (χ0v) is 9.75. The van der Waals surface area contributed by atoms with E-state index in [1.165, 1.54) is 19.3 Å². The van der Waals surface area contributed by atoms with Gasteiger partial charge in [0.2, 0.25) is 0 Å². The Balaban J connectivity index is 2.19. The number of rotatable bonds is 6. The summed E-state index contributed by atoms with van der Waals surface area (Å²) in [6, 6.07) is 1.50. The highest BCUT2D eigenvalue weighted by Crippen LogP contribution is 2.22. The number of likely N-dealkylation sites (N-methyl/N-ethyl adjacent to an activating group) is 1. The van der Waals surface area contributed by atoms with Crippen molar-refractivity contribution in [2.24, 2.45) is 0 Å². The molecule has 0 spiro atoms. The molecule has 1 fully saturated rings. The molecule has 0 aromatic carbocycles. The summed E-state index contributed by atoms with van der Waals surface area (Å²) in [6.45, 7) is 5.18. The molecular weight excluding hydrogens is 176 g/mol. The molecule has 1 N–H and O–H groups in total. The predicted octanol–water partition coefficient (Wildman–Crippen LogP) is 1.10. The molecule has 3 heteroatoms. The Morgan fingerprint density at radius 3 is 2.86 bits per heavy atom. The van der Waals surface area contributed by atoms with Gasteiger partial charge in [-0.15, -0.1) is 0 Å². The summed E-state index contributed by atoms with van der Waals surface area (Å²) < 4.78 is 5.09. The van der Waals surface area contributed by atoms with Gasteiger partial charge in [0, 0.05) is 25.7 Å². The van der Waals surface area contributed by atoms with Gasteiger partial charge in [-0.2, -0.15) is 0 Å². The van der Waals surface area contributed by atoms with Crippen molar-refractivity contribution < 1.29 is 4.74 Å². The normalized spacial score (nSPS) is 27.4. The van der Waals surface area contributed by atoms with Crippen LogP contribution in [0.15, 0.2) is 0 Å².